The molecule has 0 atom stereocenters. The highest BCUT2D eigenvalue weighted by Crippen LogP contribution is 2.19. The summed E-state index contributed by atoms with van der Waals surface area (Å²) in [4.78, 5) is 11.4. The minimum atomic E-state index is 0.852. The first-order valence-electron chi connectivity index (χ1n) is 7.14. The Hall–Kier alpha value is -1.32. The summed E-state index contributed by atoms with van der Waals surface area (Å²) in [6.45, 7) is 7.21. The Bertz CT molecular complexity index is 370. The molecule has 0 radical (unpaired) electrons. The third-order valence-corrected chi connectivity index (χ3v) is 3.36. The molecule has 2 rings (SSSR count). The van der Waals surface area contributed by atoms with Gasteiger partial charge >= 0.3 is 0 Å². The van der Waals surface area contributed by atoms with Crippen molar-refractivity contribution in [3.05, 3.63) is 11.9 Å². The van der Waals surface area contributed by atoms with Crippen LogP contribution in [0.3, 0.4) is 0 Å². The van der Waals surface area contributed by atoms with Crippen LogP contribution < -0.4 is 10.2 Å². The Morgan fingerprint density at radius 1 is 1.11 bits per heavy atom. The van der Waals surface area contributed by atoms with Gasteiger partial charge in [-0.05, 0) is 26.7 Å². The molecule has 1 fully saturated rings. The van der Waals surface area contributed by atoms with E-state index in [0.29, 0.717) is 0 Å². The van der Waals surface area contributed by atoms with Crippen LogP contribution in [-0.2, 0) is 0 Å². The van der Waals surface area contributed by atoms with Crippen LogP contribution in [0.25, 0.3) is 0 Å². The van der Waals surface area contributed by atoms with Crippen LogP contribution in [0.15, 0.2) is 6.07 Å². The summed E-state index contributed by atoms with van der Waals surface area (Å²) in [5.74, 6) is 2.88. The van der Waals surface area contributed by atoms with Crippen LogP contribution >= 0.6 is 0 Å². The number of nitrogens with one attached hydrogen (secondary N) is 1. The van der Waals surface area contributed by atoms with E-state index < -0.39 is 0 Å². The summed E-state index contributed by atoms with van der Waals surface area (Å²) in [5.41, 5.74) is 0. The Morgan fingerprint density at radius 2 is 1.78 bits per heavy atom. The Balaban J connectivity index is 2.14. The van der Waals surface area contributed by atoms with E-state index in [0.717, 1.165) is 37.1 Å². The molecule has 0 aromatic carbocycles. The third-order valence-electron chi connectivity index (χ3n) is 3.36. The van der Waals surface area contributed by atoms with Crippen molar-refractivity contribution in [2.45, 2.75) is 46.0 Å². The summed E-state index contributed by atoms with van der Waals surface area (Å²) in [6, 6.07) is 2.08. The molecule has 4 nitrogen and oxygen atoms in total. The van der Waals surface area contributed by atoms with E-state index in [-0.39, 0.29) is 0 Å². The number of hydrogen-bond acceptors (Lipinski definition) is 4. The van der Waals surface area contributed by atoms with Gasteiger partial charge in [0.25, 0.3) is 0 Å². The molecule has 2 heterocycles. The normalized spacial score (nSPS) is 17.1. The average Bonchev–Trinajstić information content (AvgIpc) is 2.27. The van der Waals surface area contributed by atoms with E-state index in [9.17, 15) is 0 Å². The van der Waals surface area contributed by atoms with Gasteiger partial charge in [-0.2, -0.15) is 0 Å². The molecule has 0 spiro atoms. The Kier molecular flexibility index (Phi) is 4.79. The van der Waals surface area contributed by atoms with Crippen LogP contribution in [0.5, 0.6) is 0 Å². The highest BCUT2D eigenvalue weighted by Gasteiger charge is 2.12. The van der Waals surface area contributed by atoms with Crippen molar-refractivity contribution in [1.29, 1.82) is 0 Å². The summed E-state index contributed by atoms with van der Waals surface area (Å²) < 4.78 is 0. The highest BCUT2D eigenvalue weighted by atomic mass is 15.2. The maximum Gasteiger partial charge on any atom is 0.134 e. The van der Waals surface area contributed by atoms with E-state index in [4.69, 9.17) is 0 Å². The van der Waals surface area contributed by atoms with Crippen molar-refractivity contribution in [3.8, 4) is 0 Å². The first kappa shape index (κ1) is 13.1. The van der Waals surface area contributed by atoms with Gasteiger partial charge < -0.3 is 10.2 Å². The number of anilines is 2. The highest BCUT2D eigenvalue weighted by molar-refractivity contribution is 5.49. The van der Waals surface area contributed by atoms with Crippen molar-refractivity contribution < 1.29 is 0 Å². The lowest BCUT2D eigenvalue weighted by atomic mass is 10.1. The fourth-order valence-electron chi connectivity index (χ4n) is 2.46. The third kappa shape index (κ3) is 3.59. The standard InChI is InChI=1S/C14H24N4/c1-3-15-13-11-14(17-12(2)16-13)18-9-7-5-4-6-8-10-18/h11H,3-10H2,1-2H3,(H,15,16,17). The minimum absolute atomic E-state index is 0.852. The lowest BCUT2D eigenvalue weighted by Crippen LogP contribution is -2.28. The van der Waals surface area contributed by atoms with Gasteiger partial charge in [-0.25, -0.2) is 9.97 Å². The summed E-state index contributed by atoms with van der Waals surface area (Å²) in [6.07, 6.45) is 6.64. The molecule has 1 aromatic heterocycles. The van der Waals surface area contributed by atoms with Crippen molar-refractivity contribution in [2.24, 2.45) is 0 Å². The molecule has 1 N–H and O–H groups in total. The first-order chi connectivity index (χ1) is 8.79. The second kappa shape index (κ2) is 6.57. The van der Waals surface area contributed by atoms with Crippen molar-refractivity contribution >= 4 is 11.6 Å². The molecule has 1 saturated heterocycles. The average molecular weight is 248 g/mol. The van der Waals surface area contributed by atoms with E-state index >= 15 is 0 Å². The predicted octanol–water partition coefficient (Wildman–Crippen LogP) is 2.99. The predicted molar refractivity (Wildman–Crippen MR) is 76.2 cm³/mol. The molecule has 4 heteroatoms. The molecule has 0 amide bonds. The van der Waals surface area contributed by atoms with Crippen molar-refractivity contribution in [2.75, 3.05) is 29.9 Å². The minimum Gasteiger partial charge on any atom is -0.370 e. The van der Waals surface area contributed by atoms with E-state index in [1.54, 1.807) is 0 Å². The monoisotopic (exact) mass is 248 g/mol. The lowest BCUT2D eigenvalue weighted by Gasteiger charge is -2.26. The quantitative estimate of drug-likeness (QED) is 0.893. The van der Waals surface area contributed by atoms with Crippen LogP contribution in [-0.4, -0.2) is 29.6 Å². The zero-order valence-corrected chi connectivity index (χ0v) is 11.6. The Morgan fingerprint density at radius 3 is 2.44 bits per heavy atom. The second-order valence-electron chi connectivity index (χ2n) is 4.94. The van der Waals surface area contributed by atoms with E-state index in [1.807, 2.05) is 6.92 Å². The van der Waals surface area contributed by atoms with E-state index in [2.05, 4.69) is 33.2 Å². The molecule has 0 unspecified atom stereocenters. The number of rotatable bonds is 3. The molecule has 18 heavy (non-hydrogen) atoms. The largest absolute Gasteiger partial charge is 0.370 e. The summed E-state index contributed by atoms with van der Waals surface area (Å²) in [7, 11) is 0. The van der Waals surface area contributed by atoms with Crippen molar-refractivity contribution in [3.63, 3.8) is 0 Å². The topological polar surface area (TPSA) is 41.0 Å². The summed E-state index contributed by atoms with van der Waals surface area (Å²) >= 11 is 0. The fourth-order valence-corrected chi connectivity index (χ4v) is 2.46. The molecule has 100 valence electrons. The van der Waals surface area contributed by atoms with Gasteiger partial charge in [0.2, 0.25) is 0 Å². The zero-order chi connectivity index (χ0) is 12.8. The first-order valence-corrected chi connectivity index (χ1v) is 7.14. The molecule has 0 aliphatic carbocycles. The van der Waals surface area contributed by atoms with Crippen LogP contribution in [0, 0.1) is 6.92 Å². The number of hydrogen-bond donors (Lipinski definition) is 1. The van der Waals surface area contributed by atoms with Gasteiger partial charge in [0.1, 0.15) is 17.5 Å². The van der Waals surface area contributed by atoms with Crippen molar-refractivity contribution in [1.82, 2.24) is 9.97 Å². The fraction of sp³-hybridized carbons (Fsp3) is 0.714. The molecule has 0 bridgehead atoms. The molecule has 1 aliphatic rings. The molecule has 0 saturated carbocycles. The number of aryl methyl sites for hydroxylation is 1. The van der Waals surface area contributed by atoms with Gasteiger partial charge in [-0.3, -0.25) is 0 Å². The molecular weight excluding hydrogens is 224 g/mol. The van der Waals surface area contributed by atoms with Crippen LogP contribution in [0.4, 0.5) is 11.6 Å². The maximum absolute atomic E-state index is 4.59. The molecular formula is C14H24N4. The van der Waals surface area contributed by atoms with E-state index in [1.165, 1.54) is 32.1 Å². The second-order valence-corrected chi connectivity index (χ2v) is 4.94. The smallest absolute Gasteiger partial charge is 0.134 e. The molecule has 1 aliphatic heterocycles. The lowest BCUT2D eigenvalue weighted by molar-refractivity contribution is 0.553. The van der Waals surface area contributed by atoms with Gasteiger partial charge in [0.15, 0.2) is 0 Å². The molecule has 1 aromatic rings. The van der Waals surface area contributed by atoms with Crippen LogP contribution in [0.1, 0.15) is 44.9 Å². The zero-order valence-electron chi connectivity index (χ0n) is 11.6. The van der Waals surface area contributed by atoms with Gasteiger partial charge in [-0.15, -0.1) is 0 Å². The van der Waals surface area contributed by atoms with Gasteiger partial charge in [0, 0.05) is 25.7 Å². The number of nitrogens with zero attached hydrogens (tertiary/aromatic N) is 3. The van der Waals surface area contributed by atoms with Gasteiger partial charge in [0.05, 0.1) is 0 Å². The Labute approximate surface area is 110 Å². The van der Waals surface area contributed by atoms with Crippen LogP contribution in [0.2, 0.25) is 0 Å². The number of aromatic nitrogens is 2. The SMILES string of the molecule is CCNc1cc(N2CCCCCCC2)nc(C)n1. The maximum atomic E-state index is 4.59. The summed E-state index contributed by atoms with van der Waals surface area (Å²) in [5, 5.41) is 3.28. The van der Waals surface area contributed by atoms with Gasteiger partial charge in [-0.1, -0.05) is 19.3 Å².